The second kappa shape index (κ2) is 7.73. The second-order valence-electron chi connectivity index (χ2n) is 5.70. The first-order valence-electron chi connectivity index (χ1n) is 7.88. The van der Waals surface area contributed by atoms with Gasteiger partial charge >= 0.3 is 6.01 Å². The highest BCUT2D eigenvalue weighted by Gasteiger charge is 2.31. The molecule has 7 nitrogen and oxygen atoms in total. The number of rotatable bonds is 5. The fraction of sp³-hybridized carbons (Fsp3) is 0.375. The summed E-state index contributed by atoms with van der Waals surface area (Å²) in [5, 5.41) is 0.236. The van der Waals surface area contributed by atoms with E-state index in [0.29, 0.717) is 18.6 Å². The smallest absolute Gasteiger partial charge is 0.316 e. The first-order valence-corrected chi connectivity index (χ1v) is 9.70. The first kappa shape index (κ1) is 18.8. The average molecular weight is 402 g/mol. The van der Waals surface area contributed by atoms with Crippen molar-refractivity contribution in [1.29, 1.82) is 0 Å². The standard InChI is InChI=1S/C16H17ClFN3O4S/c1-24-15-3-2-13(8-14(15)17)26(22,23)21-6-4-12(5-7-21)25-16-19-9-11(18)10-20-16/h2-3,8-10,12H,4-7H2,1H3. The minimum absolute atomic E-state index is 0.0784. The Balaban J connectivity index is 1.65. The fourth-order valence-electron chi connectivity index (χ4n) is 2.66. The molecule has 0 aliphatic carbocycles. The molecule has 0 spiro atoms. The van der Waals surface area contributed by atoms with Crippen LogP contribution in [0.25, 0.3) is 0 Å². The maximum Gasteiger partial charge on any atom is 0.316 e. The second-order valence-corrected chi connectivity index (χ2v) is 8.05. The molecule has 1 fully saturated rings. The summed E-state index contributed by atoms with van der Waals surface area (Å²) in [6, 6.07) is 4.45. The van der Waals surface area contributed by atoms with Crippen LogP contribution in [0.1, 0.15) is 12.8 Å². The first-order chi connectivity index (χ1) is 12.4. The molecule has 0 amide bonds. The predicted molar refractivity (Wildman–Crippen MR) is 92.4 cm³/mol. The molecule has 0 radical (unpaired) electrons. The number of aromatic nitrogens is 2. The van der Waals surface area contributed by atoms with Crippen LogP contribution in [-0.4, -0.2) is 49.0 Å². The number of methoxy groups -OCH3 is 1. The van der Waals surface area contributed by atoms with E-state index in [2.05, 4.69) is 9.97 Å². The highest BCUT2D eigenvalue weighted by molar-refractivity contribution is 7.89. The third kappa shape index (κ3) is 4.05. The Hall–Kier alpha value is -1.97. The van der Waals surface area contributed by atoms with Crippen molar-refractivity contribution in [3.8, 4) is 11.8 Å². The van der Waals surface area contributed by atoms with Gasteiger partial charge < -0.3 is 9.47 Å². The quantitative estimate of drug-likeness (QED) is 0.765. The van der Waals surface area contributed by atoms with Gasteiger partial charge in [0.05, 0.1) is 29.4 Å². The van der Waals surface area contributed by atoms with Crippen molar-refractivity contribution in [3.05, 3.63) is 41.4 Å². The van der Waals surface area contributed by atoms with Gasteiger partial charge in [-0.3, -0.25) is 0 Å². The Morgan fingerprint density at radius 2 is 1.88 bits per heavy atom. The molecule has 1 aromatic carbocycles. The Labute approximate surface area is 155 Å². The lowest BCUT2D eigenvalue weighted by Gasteiger charge is -2.30. The molecule has 0 atom stereocenters. The number of hydrogen-bond donors (Lipinski definition) is 0. The molecule has 1 saturated heterocycles. The van der Waals surface area contributed by atoms with Gasteiger partial charge in [-0.15, -0.1) is 0 Å². The molecule has 0 bridgehead atoms. The van der Waals surface area contributed by atoms with Gasteiger partial charge in [0.15, 0.2) is 5.82 Å². The van der Waals surface area contributed by atoms with Crippen molar-refractivity contribution < 1.29 is 22.3 Å². The van der Waals surface area contributed by atoms with E-state index in [1.54, 1.807) is 0 Å². The average Bonchev–Trinajstić information content (AvgIpc) is 2.64. The third-order valence-electron chi connectivity index (χ3n) is 4.03. The highest BCUT2D eigenvalue weighted by atomic mass is 35.5. The molecule has 0 saturated carbocycles. The molecule has 10 heteroatoms. The molecule has 2 heterocycles. The van der Waals surface area contributed by atoms with Crippen molar-refractivity contribution in [3.63, 3.8) is 0 Å². The summed E-state index contributed by atoms with van der Waals surface area (Å²) in [7, 11) is -2.19. The van der Waals surface area contributed by atoms with Crippen LogP contribution in [0.5, 0.6) is 11.8 Å². The molecule has 1 aliphatic heterocycles. The van der Waals surface area contributed by atoms with E-state index in [1.807, 2.05) is 0 Å². The molecule has 0 unspecified atom stereocenters. The minimum Gasteiger partial charge on any atom is -0.495 e. The van der Waals surface area contributed by atoms with Crippen molar-refractivity contribution in [1.82, 2.24) is 14.3 Å². The fourth-order valence-corrected chi connectivity index (χ4v) is 4.48. The zero-order valence-corrected chi connectivity index (χ0v) is 15.5. The number of sulfonamides is 1. The summed E-state index contributed by atoms with van der Waals surface area (Å²) in [5.74, 6) is -0.131. The van der Waals surface area contributed by atoms with Gasteiger partial charge in [-0.1, -0.05) is 11.6 Å². The molecule has 26 heavy (non-hydrogen) atoms. The topological polar surface area (TPSA) is 81.6 Å². The van der Waals surface area contributed by atoms with Crippen LogP contribution in [0, 0.1) is 5.82 Å². The maximum absolute atomic E-state index is 12.8. The lowest BCUT2D eigenvalue weighted by Crippen LogP contribution is -2.41. The van der Waals surface area contributed by atoms with E-state index in [-0.39, 0.29) is 35.1 Å². The lowest BCUT2D eigenvalue weighted by molar-refractivity contribution is 0.124. The maximum atomic E-state index is 12.8. The van der Waals surface area contributed by atoms with Crippen LogP contribution < -0.4 is 9.47 Å². The van der Waals surface area contributed by atoms with Gasteiger partial charge in [0, 0.05) is 13.1 Å². The van der Waals surface area contributed by atoms with Crippen molar-refractivity contribution in [2.24, 2.45) is 0 Å². The molecule has 1 aromatic heterocycles. The molecular weight excluding hydrogens is 385 g/mol. The largest absolute Gasteiger partial charge is 0.495 e. The van der Waals surface area contributed by atoms with Gasteiger partial charge in [-0.2, -0.15) is 4.31 Å². The van der Waals surface area contributed by atoms with Crippen LogP contribution in [0.2, 0.25) is 5.02 Å². The Kier molecular flexibility index (Phi) is 5.59. The molecule has 2 aromatic rings. The van der Waals surface area contributed by atoms with E-state index in [1.165, 1.54) is 29.6 Å². The number of hydrogen-bond acceptors (Lipinski definition) is 6. The third-order valence-corrected chi connectivity index (χ3v) is 6.22. The van der Waals surface area contributed by atoms with Crippen molar-refractivity contribution >= 4 is 21.6 Å². The van der Waals surface area contributed by atoms with E-state index >= 15 is 0 Å². The monoisotopic (exact) mass is 401 g/mol. The minimum atomic E-state index is -3.65. The molecule has 140 valence electrons. The summed E-state index contributed by atoms with van der Waals surface area (Å²) in [6.45, 7) is 0.579. The van der Waals surface area contributed by atoms with E-state index in [9.17, 15) is 12.8 Å². The van der Waals surface area contributed by atoms with Crippen molar-refractivity contribution in [2.75, 3.05) is 20.2 Å². The molecular formula is C16H17ClFN3O4S. The molecule has 1 aliphatic rings. The van der Waals surface area contributed by atoms with Crippen LogP contribution in [0.15, 0.2) is 35.5 Å². The summed E-state index contributed by atoms with van der Waals surface area (Å²) in [5.41, 5.74) is 0. The zero-order chi connectivity index (χ0) is 18.7. The number of ether oxygens (including phenoxy) is 2. The zero-order valence-electron chi connectivity index (χ0n) is 13.9. The van der Waals surface area contributed by atoms with Gasteiger partial charge in [-0.25, -0.2) is 22.8 Å². The van der Waals surface area contributed by atoms with Crippen LogP contribution >= 0.6 is 11.6 Å². The lowest BCUT2D eigenvalue weighted by atomic mass is 10.1. The Morgan fingerprint density at radius 1 is 1.23 bits per heavy atom. The normalized spacial score (nSPS) is 16.4. The number of piperidine rings is 1. The number of halogens is 2. The highest BCUT2D eigenvalue weighted by Crippen LogP contribution is 2.29. The summed E-state index contributed by atoms with van der Waals surface area (Å²) in [4.78, 5) is 7.61. The van der Waals surface area contributed by atoms with E-state index < -0.39 is 15.8 Å². The summed E-state index contributed by atoms with van der Waals surface area (Å²) in [6.07, 6.45) is 2.77. The van der Waals surface area contributed by atoms with Gasteiger partial charge in [0.1, 0.15) is 11.9 Å². The summed E-state index contributed by atoms with van der Waals surface area (Å²) >= 11 is 6.03. The van der Waals surface area contributed by atoms with E-state index in [0.717, 1.165) is 12.4 Å². The van der Waals surface area contributed by atoms with Gasteiger partial charge in [0.25, 0.3) is 0 Å². The number of nitrogens with zero attached hydrogens (tertiary/aromatic N) is 3. The Bertz CT molecular complexity index is 872. The van der Waals surface area contributed by atoms with E-state index in [4.69, 9.17) is 21.1 Å². The van der Waals surface area contributed by atoms with Crippen LogP contribution in [0.4, 0.5) is 4.39 Å². The molecule has 3 rings (SSSR count). The molecule has 0 N–H and O–H groups in total. The van der Waals surface area contributed by atoms with Gasteiger partial charge in [-0.05, 0) is 31.0 Å². The van der Waals surface area contributed by atoms with Crippen LogP contribution in [-0.2, 0) is 10.0 Å². The SMILES string of the molecule is COc1ccc(S(=O)(=O)N2CCC(Oc3ncc(F)cn3)CC2)cc1Cl. The van der Waals surface area contributed by atoms with Crippen LogP contribution in [0.3, 0.4) is 0 Å². The number of benzene rings is 1. The summed E-state index contributed by atoms with van der Waals surface area (Å²) < 4.78 is 50.3. The van der Waals surface area contributed by atoms with Crippen molar-refractivity contribution in [2.45, 2.75) is 23.8 Å². The van der Waals surface area contributed by atoms with Gasteiger partial charge in [0.2, 0.25) is 10.0 Å². The Morgan fingerprint density at radius 3 is 2.46 bits per heavy atom. The predicted octanol–water partition coefficient (Wildman–Crippen LogP) is 2.51.